The molecule has 0 heterocycles. The Hall–Kier alpha value is 1.60. The minimum Gasteiger partial charge on any atom is -0.652 e. The average Bonchev–Trinajstić information content (AvgIpc) is 1.25. The van der Waals surface area contributed by atoms with E-state index in [0.717, 1.165) is 0 Å². The van der Waals surface area contributed by atoms with Gasteiger partial charge in [0.2, 0.25) is 0 Å². The van der Waals surface area contributed by atoms with Gasteiger partial charge in [-0.05, 0) is 12.3 Å². The minimum absolute atomic E-state index is 0. The number of carbonyl (C=O) groups is 2. The molecule has 8 heteroatoms. The molecule has 0 atom stereocenters. The fraction of sp³-hybridized carbons (Fsp3) is 0. The first-order valence-electron chi connectivity index (χ1n) is 1.22. The normalized spacial score (nSPS) is 4.80. The first kappa shape index (κ1) is 22.6. The molecule has 0 aromatic carbocycles. The Bertz CT molecular complexity index is 73.7. The fourth-order valence-electron chi connectivity index (χ4n) is 0. The van der Waals surface area contributed by atoms with Crippen LogP contribution in [0, 0.1) is 49.4 Å². The molecule has 0 fully saturated rings. The molecule has 0 saturated heterocycles. The zero-order valence-electron chi connectivity index (χ0n) is 4.53. The second-order valence-corrected chi connectivity index (χ2v) is 0.500. The van der Waals surface area contributed by atoms with Crippen molar-refractivity contribution in [1.29, 1.82) is 0 Å². The van der Waals surface area contributed by atoms with Crippen molar-refractivity contribution in [1.82, 2.24) is 0 Å². The summed E-state index contributed by atoms with van der Waals surface area (Å²) in [4.78, 5) is 16.7. The maximum atomic E-state index is 8.33. The fourth-order valence-corrected chi connectivity index (χ4v) is 0. The summed E-state index contributed by atoms with van der Waals surface area (Å²) >= 11 is 0. The van der Waals surface area contributed by atoms with E-state index in [4.69, 9.17) is 30.0 Å². The molecule has 0 N–H and O–H groups in total. The Kier molecular flexibility index (Phi) is 38.2. The standard InChI is InChI=1S/2CH2O3.Eu.Sr/c2*2-1(3)4;;/h2*(H2,2,3,4);;/q;;2*+2/p-4. The van der Waals surface area contributed by atoms with E-state index in [2.05, 4.69) is 0 Å². The van der Waals surface area contributed by atoms with Gasteiger partial charge in [-0.1, -0.05) is 0 Å². The summed E-state index contributed by atoms with van der Waals surface area (Å²) in [7, 11) is 0. The Morgan fingerprint density at radius 3 is 0.800 bits per heavy atom. The number of carboxylic acid groups (broad SMARTS) is 4. The molecule has 0 aromatic rings. The second kappa shape index (κ2) is 16.9. The van der Waals surface area contributed by atoms with Gasteiger partial charge in [0.05, 0.1) is 0 Å². The summed E-state index contributed by atoms with van der Waals surface area (Å²) in [6.45, 7) is 0. The third kappa shape index (κ3) is 276. The summed E-state index contributed by atoms with van der Waals surface area (Å²) in [6, 6.07) is 0. The predicted molar refractivity (Wildman–Crippen MR) is 16.5 cm³/mol. The number of hydrogen-bond acceptors (Lipinski definition) is 6. The maximum absolute atomic E-state index is 8.33. The molecule has 53 valence electrons. The minimum atomic E-state index is -2.33. The monoisotopic (exact) mass is 361 g/mol. The van der Waals surface area contributed by atoms with Crippen LogP contribution in [0.25, 0.3) is 0 Å². The maximum Gasteiger partial charge on any atom is 2.00 e. The number of carbonyl (C=O) groups excluding carboxylic acids is 2. The summed E-state index contributed by atoms with van der Waals surface area (Å²) < 4.78 is 0. The zero-order chi connectivity index (χ0) is 7.15. The molecule has 0 spiro atoms. The zero-order valence-corrected chi connectivity index (χ0v) is 10.4. The quantitative estimate of drug-likeness (QED) is 0.398. The van der Waals surface area contributed by atoms with Crippen LogP contribution in [0.5, 0.6) is 0 Å². The van der Waals surface area contributed by atoms with E-state index in [-0.39, 0.29) is 94.9 Å². The van der Waals surface area contributed by atoms with Gasteiger partial charge in [0, 0.05) is 0 Å². The van der Waals surface area contributed by atoms with Crippen LogP contribution < -0.4 is 20.4 Å². The smallest absolute Gasteiger partial charge is 0.652 e. The van der Waals surface area contributed by atoms with Gasteiger partial charge < -0.3 is 30.0 Å². The van der Waals surface area contributed by atoms with Crippen LogP contribution in [-0.4, -0.2) is 57.8 Å². The molecular formula is C2EuO6Sr. The van der Waals surface area contributed by atoms with Crippen molar-refractivity contribution in [3.63, 3.8) is 0 Å². The molecule has 1 radical (unpaired) electrons. The number of hydrogen-bond donors (Lipinski definition) is 0. The van der Waals surface area contributed by atoms with Crippen LogP contribution in [0.1, 0.15) is 0 Å². The van der Waals surface area contributed by atoms with Gasteiger partial charge in [-0.15, -0.1) is 0 Å². The molecule has 0 amide bonds. The van der Waals surface area contributed by atoms with Crippen LogP contribution in [0.4, 0.5) is 9.59 Å². The molecule has 0 aromatic heterocycles. The molecule has 10 heavy (non-hydrogen) atoms. The average molecular weight is 360 g/mol. The van der Waals surface area contributed by atoms with E-state index < -0.39 is 12.3 Å². The molecule has 0 saturated carbocycles. The Morgan fingerprint density at radius 2 is 0.800 bits per heavy atom. The summed E-state index contributed by atoms with van der Waals surface area (Å²) in [5.41, 5.74) is 0. The van der Waals surface area contributed by atoms with Gasteiger partial charge >= 0.3 is 94.9 Å². The van der Waals surface area contributed by atoms with Crippen molar-refractivity contribution >= 4 is 57.8 Å². The van der Waals surface area contributed by atoms with Crippen molar-refractivity contribution in [2.45, 2.75) is 0 Å². The van der Waals surface area contributed by atoms with E-state index in [1.165, 1.54) is 0 Å². The molecule has 0 bridgehead atoms. The SMILES string of the molecule is O=C([O-])[O-].O=C([O-])[O-].[Eu+2].[Sr+2]. The Morgan fingerprint density at radius 1 is 0.800 bits per heavy atom. The molecule has 0 aliphatic carbocycles. The van der Waals surface area contributed by atoms with Gasteiger partial charge in [0.15, 0.2) is 0 Å². The van der Waals surface area contributed by atoms with Gasteiger partial charge in [-0.2, -0.15) is 0 Å². The molecular weight excluding hydrogens is 360 g/mol. The summed E-state index contributed by atoms with van der Waals surface area (Å²) in [5.74, 6) is 0. The van der Waals surface area contributed by atoms with Crippen molar-refractivity contribution in [2.75, 3.05) is 0 Å². The first-order valence-corrected chi connectivity index (χ1v) is 1.22. The molecule has 0 unspecified atom stereocenters. The molecule has 0 rings (SSSR count). The summed E-state index contributed by atoms with van der Waals surface area (Å²) in [6.07, 6.45) is -4.67. The van der Waals surface area contributed by atoms with Gasteiger partial charge in [0.1, 0.15) is 0 Å². The van der Waals surface area contributed by atoms with Crippen molar-refractivity contribution in [3.05, 3.63) is 0 Å². The van der Waals surface area contributed by atoms with E-state index >= 15 is 0 Å². The van der Waals surface area contributed by atoms with E-state index in [0.29, 0.717) is 0 Å². The third-order valence-electron chi connectivity index (χ3n) is 0. The van der Waals surface area contributed by atoms with E-state index in [9.17, 15) is 0 Å². The Labute approximate surface area is 134 Å². The molecule has 0 aliphatic rings. The van der Waals surface area contributed by atoms with Crippen LogP contribution in [-0.2, 0) is 0 Å². The van der Waals surface area contributed by atoms with Crippen LogP contribution >= 0.6 is 0 Å². The van der Waals surface area contributed by atoms with Gasteiger partial charge in [-0.25, -0.2) is 0 Å². The molecule has 6 nitrogen and oxygen atoms in total. The predicted octanol–water partition coefficient (Wildman–Crippen LogP) is -5.27. The Balaban J connectivity index is -0.0000000300. The van der Waals surface area contributed by atoms with Crippen molar-refractivity contribution < 1.29 is 79.4 Å². The van der Waals surface area contributed by atoms with Crippen molar-refractivity contribution in [3.8, 4) is 0 Å². The second-order valence-electron chi connectivity index (χ2n) is 0.500. The van der Waals surface area contributed by atoms with Crippen LogP contribution in [0.2, 0.25) is 0 Å². The van der Waals surface area contributed by atoms with E-state index in [1.54, 1.807) is 0 Å². The molecule has 0 aliphatic heterocycles. The first-order chi connectivity index (χ1) is 3.46. The van der Waals surface area contributed by atoms with Gasteiger partial charge in [-0.3, -0.25) is 0 Å². The van der Waals surface area contributed by atoms with E-state index in [1.807, 2.05) is 0 Å². The number of rotatable bonds is 0. The summed E-state index contributed by atoms with van der Waals surface area (Å²) in [5, 5.41) is 33.3. The van der Waals surface area contributed by atoms with Crippen molar-refractivity contribution in [2.24, 2.45) is 0 Å². The largest absolute Gasteiger partial charge is 2.00 e. The van der Waals surface area contributed by atoms with Gasteiger partial charge in [0.25, 0.3) is 0 Å². The third-order valence-corrected chi connectivity index (χ3v) is 0. The van der Waals surface area contributed by atoms with Crippen LogP contribution in [0.15, 0.2) is 0 Å². The van der Waals surface area contributed by atoms with Crippen LogP contribution in [0.3, 0.4) is 0 Å². The topological polar surface area (TPSA) is 126 Å².